The Hall–Kier alpha value is -2.44. The monoisotopic (exact) mass is 487 g/mol. The van der Waals surface area contributed by atoms with E-state index in [1.54, 1.807) is 23.0 Å². The van der Waals surface area contributed by atoms with Crippen LogP contribution in [-0.4, -0.2) is 52.8 Å². The number of hydrogen-bond acceptors (Lipinski definition) is 8. The molecule has 3 unspecified atom stereocenters. The number of fused-ring (bicyclic) bond motifs is 2. The van der Waals surface area contributed by atoms with Gasteiger partial charge in [-0.1, -0.05) is 32.9 Å². The fourth-order valence-electron chi connectivity index (χ4n) is 4.03. The lowest BCUT2D eigenvalue weighted by Crippen LogP contribution is -2.44. The van der Waals surface area contributed by atoms with Crippen LogP contribution in [0.3, 0.4) is 0 Å². The number of nitrogens with two attached hydrogens (primary N) is 1. The van der Waals surface area contributed by atoms with Gasteiger partial charge in [-0.25, -0.2) is 19.3 Å². The summed E-state index contributed by atoms with van der Waals surface area (Å²) >= 11 is 0. The maximum Gasteiger partial charge on any atom is 0.192 e. The average Bonchev–Trinajstić information content (AvgIpc) is 3.46. The zero-order valence-electron chi connectivity index (χ0n) is 19.9. The van der Waals surface area contributed by atoms with Gasteiger partial charge < -0.3 is 24.4 Å². The molecule has 5 rings (SSSR count). The third-order valence-corrected chi connectivity index (χ3v) is 11.6. The van der Waals surface area contributed by atoms with Crippen molar-refractivity contribution in [2.24, 2.45) is 0 Å². The SMILES string of the molecule is CC(C)(C)[Si](C)(C)OCC1OC(n2cnc3c(N)ncnc32)[C@H]2O[C@@H](c3ccc(F)cc3)OC12. The summed E-state index contributed by atoms with van der Waals surface area (Å²) < 4.78 is 40.8. The molecule has 2 aliphatic rings. The van der Waals surface area contributed by atoms with Gasteiger partial charge in [0, 0.05) is 5.56 Å². The lowest BCUT2D eigenvalue weighted by Gasteiger charge is -2.37. The standard InChI is InChI=1S/C23H30FN5O4Si/c1-23(2,3)34(4,5)30-10-15-17-18(33-22(32-17)13-6-8-14(24)9-7-13)21(31-15)29-12-28-16-19(25)26-11-27-20(16)29/h6-9,11-12,15,17-18,21-22H,10H2,1-5H3,(H2,25,26,27)/t15?,17?,18-,21?,22-/m0/s1. The lowest BCUT2D eigenvalue weighted by atomic mass is 10.1. The van der Waals surface area contributed by atoms with E-state index in [0.29, 0.717) is 23.6 Å². The Bertz CT molecular complexity index is 1180. The summed E-state index contributed by atoms with van der Waals surface area (Å²) in [6.07, 6.45) is 0.621. The summed E-state index contributed by atoms with van der Waals surface area (Å²) in [7, 11) is -2.02. The van der Waals surface area contributed by atoms with Crippen molar-refractivity contribution in [3.05, 3.63) is 48.3 Å². The Kier molecular flexibility index (Phi) is 5.72. The first-order valence-corrected chi connectivity index (χ1v) is 14.2. The van der Waals surface area contributed by atoms with Crippen LogP contribution in [0, 0.1) is 5.82 Å². The first-order chi connectivity index (χ1) is 16.0. The van der Waals surface area contributed by atoms with Gasteiger partial charge in [0.1, 0.15) is 36.0 Å². The van der Waals surface area contributed by atoms with E-state index in [9.17, 15) is 4.39 Å². The minimum Gasteiger partial charge on any atom is -0.414 e. The summed E-state index contributed by atoms with van der Waals surface area (Å²) in [5.41, 5.74) is 7.77. The molecule has 0 amide bonds. The van der Waals surface area contributed by atoms with E-state index in [4.69, 9.17) is 24.4 Å². The van der Waals surface area contributed by atoms with E-state index < -0.39 is 26.9 Å². The predicted molar refractivity (Wildman–Crippen MR) is 126 cm³/mol. The summed E-state index contributed by atoms with van der Waals surface area (Å²) in [6, 6.07) is 6.12. The number of benzene rings is 1. The molecule has 0 radical (unpaired) electrons. The normalized spacial score (nSPS) is 27.4. The molecule has 3 aromatic rings. The molecule has 0 bridgehead atoms. The summed E-state index contributed by atoms with van der Waals surface area (Å²) in [4.78, 5) is 12.7. The number of ether oxygens (including phenoxy) is 3. The molecule has 34 heavy (non-hydrogen) atoms. The number of imidazole rings is 1. The van der Waals surface area contributed by atoms with Crippen LogP contribution in [0.2, 0.25) is 18.1 Å². The third-order valence-electron chi connectivity index (χ3n) is 7.06. The van der Waals surface area contributed by atoms with Crippen molar-refractivity contribution in [1.29, 1.82) is 0 Å². The number of halogens is 1. The molecule has 9 nitrogen and oxygen atoms in total. The highest BCUT2D eigenvalue weighted by Gasteiger charge is 2.54. The second-order valence-corrected chi connectivity index (χ2v) is 15.1. The van der Waals surface area contributed by atoms with E-state index in [1.165, 1.54) is 18.5 Å². The number of nitrogens with zero attached hydrogens (tertiary/aromatic N) is 4. The van der Waals surface area contributed by atoms with Crippen LogP contribution in [-0.2, 0) is 18.6 Å². The van der Waals surface area contributed by atoms with Gasteiger partial charge in [0.15, 0.2) is 32.3 Å². The van der Waals surface area contributed by atoms with Gasteiger partial charge in [-0.3, -0.25) is 4.57 Å². The first-order valence-electron chi connectivity index (χ1n) is 11.3. The zero-order valence-corrected chi connectivity index (χ0v) is 20.9. The highest BCUT2D eigenvalue weighted by Crippen LogP contribution is 2.46. The fourth-order valence-corrected chi connectivity index (χ4v) is 5.05. The van der Waals surface area contributed by atoms with Crippen molar-refractivity contribution in [3.63, 3.8) is 0 Å². The molecule has 0 spiro atoms. The van der Waals surface area contributed by atoms with E-state index in [2.05, 4.69) is 48.8 Å². The van der Waals surface area contributed by atoms with Crippen molar-refractivity contribution >= 4 is 25.3 Å². The molecule has 2 fully saturated rings. The third kappa shape index (κ3) is 4.01. The highest BCUT2D eigenvalue weighted by molar-refractivity contribution is 6.74. The second kappa shape index (κ2) is 8.35. The molecule has 2 saturated heterocycles. The lowest BCUT2D eigenvalue weighted by molar-refractivity contribution is -0.152. The molecule has 0 aliphatic carbocycles. The van der Waals surface area contributed by atoms with Crippen molar-refractivity contribution in [2.45, 2.75) is 69.7 Å². The molecule has 2 aliphatic heterocycles. The van der Waals surface area contributed by atoms with Gasteiger partial charge in [-0.05, 0) is 30.3 Å². The largest absolute Gasteiger partial charge is 0.414 e. The molecule has 4 heterocycles. The van der Waals surface area contributed by atoms with Crippen molar-refractivity contribution in [2.75, 3.05) is 12.3 Å². The summed E-state index contributed by atoms with van der Waals surface area (Å²) in [5.74, 6) is -0.0187. The number of anilines is 1. The van der Waals surface area contributed by atoms with E-state index >= 15 is 0 Å². The Balaban J connectivity index is 1.45. The summed E-state index contributed by atoms with van der Waals surface area (Å²) in [5, 5.41) is 0.0586. The van der Waals surface area contributed by atoms with Gasteiger partial charge >= 0.3 is 0 Å². The summed E-state index contributed by atoms with van der Waals surface area (Å²) in [6.45, 7) is 11.4. The second-order valence-electron chi connectivity index (χ2n) is 10.3. The quantitative estimate of drug-likeness (QED) is 0.539. The van der Waals surface area contributed by atoms with Gasteiger partial charge in [0.25, 0.3) is 0 Å². The van der Waals surface area contributed by atoms with Crippen LogP contribution in [0.15, 0.2) is 36.9 Å². The Morgan fingerprint density at radius 2 is 1.76 bits per heavy atom. The molecule has 2 aromatic heterocycles. The number of rotatable bonds is 5. The molecule has 0 saturated carbocycles. The topological polar surface area (TPSA) is 107 Å². The van der Waals surface area contributed by atoms with Gasteiger partial charge in [-0.2, -0.15) is 0 Å². The number of nitrogen functional groups attached to an aromatic ring is 1. The number of hydrogen-bond donors (Lipinski definition) is 1. The highest BCUT2D eigenvalue weighted by atomic mass is 28.4. The molecule has 5 atom stereocenters. The molecule has 2 N–H and O–H groups in total. The van der Waals surface area contributed by atoms with E-state index in [1.807, 2.05) is 0 Å². The predicted octanol–water partition coefficient (Wildman–Crippen LogP) is 3.95. The van der Waals surface area contributed by atoms with Crippen LogP contribution in [0.25, 0.3) is 11.2 Å². The van der Waals surface area contributed by atoms with Crippen LogP contribution < -0.4 is 5.73 Å². The Labute approximate surface area is 198 Å². The van der Waals surface area contributed by atoms with Crippen molar-refractivity contribution in [3.8, 4) is 0 Å². The average molecular weight is 488 g/mol. The fraction of sp³-hybridized carbons (Fsp3) is 0.522. The Morgan fingerprint density at radius 1 is 1.06 bits per heavy atom. The minimum absolute atomic E-state index is 0.0586. The Morgan fingerprint density at radius 3 is 2.47 bits per heavy atom. The maximum absolute atomic E-state index is 13.5. The van der Waals surface area contributed by atoms with Crippen LogP contribution >= 0.6 is 0 Å². The van der Waals surface area contributed by atoms with Gasteiger partial charge in [-0.15, -0.1) is 0 Å². The first kappa shape index (κ1) is 23.3. The van der Waals surface area contributed by atoms with E-state index in [-0.39, 0.29) is 23.1 Å². The van der Waals surface area contributed by atoms with Crippen LogP contribution in [0.5, 0.6) is 0 Å². The van der Waals surface area contributed by atoms with Crippen LogP contribution in [0.4, 0.5) is 10.2 Å². The number of aromatic nitrogens is 4. The zero-order chi connectivity index (χ0) is 24.3. The molecular weight excluding hydrogens is 457 g/mol. The van der Waals surface area contributed by atoms with Gasteiger partial charge in [0.05, 0.1) is 12.9 Å². The minimum atomic E-state index is -2.02. The molecule has 1 aromatic carbocycles. The maximum atomic E-state index is 13.5. The van der Waals surface area contributed by atoms with E-state index in [0.717, 1.165) is 5.56 Å². The van der Waals surface area contributed by atoms with Crippen molar-refractivity contribution in [1.82, 2.24) is 19.5 Å². The molecular formula is C23H30FN5O4Si. The van der Waals surface area contributed by atoms with Crippen LogP contribution in [0.1, 0.15) is 38.9 Å². The van der Waals surface area contributed by atoms with Crippen molar-refractivity contribution < 1.29 is 23.0 Å². The van der Waals surface area contributed by atoms with Gasteiger partial charge in [0.2, 0.25) is 0 Å². The smallest absolute Gasteiger partial charge is 0.192 e. The molecule has 182 valence electrons. The molecule has 11 heteroatoms.